The van der Waals surface area contributed by atoms with Gasteiger partial charge in [-0.1, -0.05) is 30.3 Å². The Morgan fingerprint density at radius 3 is 2.78 bits per heavy atom. The van der Waals surface area contributed by atoms with E-state index in [1.807, 2.05) is 25.1 Å². The zero-order chi connectivity index (χ0) is 19.2. The van der Waals surface area contributed by atoms with Gasteiger partial charge in [0, 0.05) is 27.2 Å². The number of ether oxygens (including phenoxy) is 1. The van der Waals surface area contributed by atoms with E-state index in [0.29, 0.717) is 18.0 Å². The number of methoxy groups -OCH3 is 1. The Labute approximate surface area is 163 Å². The maximum absolute atomic E-state index is 12.8. The molecule has 1 aromatic carbocycles. The van der Waals surface area contributed by atoms with Crippen LogP contribution in [0.5, 0.6) is 0 Å². The minimum atomic E-state index is -0.0113. The molecule has 1 N–H and O–H groups in total. The average Bonchev–Trinajstić information content (AvgIpc) is 3.04. The van der Waals surface area contributed by atoms with Crippen molar-refractivity contribution >= 4 is 33.3 Å². The number of benzene rings is 1. The lowest BCUT2D eigenvalue weighted by Crippen LogP contribution is -2.29. The molecule has 142 valence electrons. The number of thiophene rings is 1. The van der Waals surface area contributed by atoms with Gasteiger partial charge in [-0.3, -0.25) is 4.79 Å². The van der Waals surface area contributed by atoms with Crippen molar-refractivity contribution in [1.82, 2.24) is 14.9 Å². The summed E-state index contributed by atoms with van der Waals surface area (Å²) in [6, 6.07) is 10.3. The second-order valence-corrected chi connectivity index (χ2v) is 7.34. The summed E-state index contributed by atoms with van der Waals surface area (Å²) in [5, 5.41) is 4.33. The number of aromatic nitrogens is 2. The third-order valence-electron chi connectivity index (χ3n) is 4.45. The van der Waals surface area contributed by atoms with E-state index in [1.54, 1.807) is 25.4 Å². The van der Waals surface area contributed by atoms with E-state index in [9.17, 15) is 4.79 Å². The van der Waals surface area contributed by atoms with Gasteiger partial charge in [0.05, 0.1) is 16.9 Å². The van der Waals surface area contributed by atoms with Crippen LogP contribution in [0.25, 0.3) is 10.2 Å². The van der Waals surface area contributed by atoms with Gasteiger partial charge in [-0.05, 0) is 24.5 Å². The molecule has 7 heteroatoms. The third kappa shape index (κ3) is 4.43. The number of likely N-dealkylation sites (N-methyl/N-ethyl adjacent to an activating group) is 1. The van der Waals surface area contributed by atoms with Crippen LogP contribution in [0.1, 0.15) is 20.8 Å². The molecule has 27 heavy (non-hydrogen) atoms. The average molecular weight is 385 g/mol. The molecule has 0 aliphatic heterocycles. The maximum Gasteiger partial charge on any atom is 0.264 e. The van der Waals surface area contributed by atoms with Crippen LogP contribution in [0.15, 0.2) is 36.7 Å². The third-order valence-corrected chi connectivity index (χ3v) is 5.64. The first kappa shape index (κ1) is 19.3. The predicted octanol–water partition coefficient (Wildman–Crippen LogP) is 3.37. The summed E-state index contributed by atoms with van der Waals surface area (Å²) in [5.41, 5.74) is 2.19. The maximum atomic E-state index is 12.8. The van der Waals surface area contributed by atoms with Crippen molar-refractivity contribution in [2.75, 3.05) is 39.2 Å². The lowest BCUT2D eigenvalue weighted by atomic mass is 10.1. The molecule has 3 rings (SSSR count). The largest absolute Gasteiger partial charge is 0.383 e. The summed E-state index contributed by atoms with van der Waals surface area (Å²) in [7, 11) is 3.42. The van der Waals surface area contributed by atoms with Crippen molar-refractivity contribution in [2.24, 2.45) is 0 Å². The van der Waals surface area contributed by atoms with Crippen molar-refractivity contribution in [1.29, 1.82) is 0 Å². The Balaban J connectivity index is 1.79. The van der Waals surface area contributed by atoms with Crippen LogP contribution in [-0.4, -0.2) is 54.6 Å². The second kappa shape index (κ2) is 8.92. The summed E-state index contributed by atoms with van der Waals surface area (Å²) < 4.78 is 5.06. The Hall–Kier alpha value is -2.51. The number of amides is 1. The fourth-order valence-corrected chi connectivity index (χ4v) is 4.03. The second-order valence-electron chi connectivity index (χ2n) is 6.34. The topological polar surface area (TPSA) is 67.3 Å². The van der Waals surface area contributed by atoms with Gasteiger partial charge in [0.1, 0.15) is 17.0 Å². The molecule has 0 radical (unpaired) electrons. The SMILES string of the molecule is COCCN(C)C(=O)c1sc2ncnc(NCCc3ccccc3)c2c1C. The summed E-state index contributed by atoms with van der Waals surface area (Å²) in [5.74, 6) is 0.770. The Morgan fingerprint density at radius 1 is 1.26 bits per heavy atom. The molecule has 1 amide bonds. The van der Waals surface area contributed by atoms with Gasteiger partial charge in [-0.2, -0.15) is 0 Å². The van der Waals surface area contributed by atoms with Crippen LogP contribution in [-0.2, 0) is 11.2 Å². The summed E-state index contributed by atoms with van der Waals surface area (Å²) >= 11 is 1.41. The lowest BCUT2D eigenvalue weighted by Gasteiger charge is -2.16. The molecule has 2 aromatic heterocycles. The molecule has 0 aliphatic carbocycles. The van der Waals surface area contributed by atoms with Crippen LogP contribution in [0.2, 0.25) is 0 Å². The van der Waals surface area contributed by atoms with E-state index in [4.69, 9.17) is 4.74 Å². The molecule has 0 aliphatic rings. The number of aryl methyl sites for hydroxylation is 1. The van der Waals surface area contributed by atoms with E-state index in [1.165, 1.54) is 16.9 Å². The molecule has 0 spiro atoms. The highest BCUT2D eigenvalue weighted by Gasteiger charge is 2.21. The molecular formula is C20H24N4O2S. The van der Waals surface area contributed by atoms with Crippen molar-refractivity contribution in [3.05, 3.63) is 52.7 Å². The van der Waals surface area contributed by atoms with Gasteiger partial charge in [0.2, 0.25) is 0 Å². The fourth-order valence-electron chi connectivity index (χ4n) is 2.88. The molecule has 0 unspecified atom stereocenters. The molecule has 3 aromatic rings. The summed E-state index contributed by atoms with van der Waals surface area (Å²) in [6.45, 7) is 3.79. The van der Waals surface area contributed by atoms with Gasteiger partial charge in [0.15, 0.2) is 0 Å². The zero-order valence-electron chi connectivity index (χ0n) is 15.9. The normalized spacial score (nSPS) is 10.9. The first-order chi connectivity index (χ1) is 13.1. The summed E-state index contributed by atoms with van der Waals surface area (Å²) in [6.07, 6.45) is 2.45. The highest BCUT2D eigenvalue weighted by atomic mass is 32.1. The van der Waals surface area contributed by atoms with Crippen LogP contribution >= 0.6 is 11.3 Å². The van der Waals surface area contributed by atoms with E-state index >= 15 is 0 Å². The molecular weight excluding hydrogens is 360 g/mol. The first-order valence-electron chi connectivity index (χ1n) is 8.88. The van der Waals surface area contributed by atoms with E-state index in [0.717, 1.165) is 34.6 Å². The number of nitrogens with one attached hydrogen (secondary N) is 1. The molecule has 0 saturated heterocycles. The fraction of sp³-hybridized carbons (Fsp3) is 0.350. The zero-order valence-corrected chi connectivity index (χ0v) is 16.7. The number of carbonyl (C=O) groups is 1. The number of fused-ring (bicyclic) bond motifs is 1. The Kier molecular flexibility index (Phi) is 6.36. The van der Waals surface area contributed by atoms with Crippen molar-refractivity contribution < 1.29 is 9.53 Å². The van der Waals surface area contributed by atoms with Crippen molar-refractivity contribution in [3.8, 4) is 0 Å². The smallest absolute Gasteiger partial charge is 0.264 e. The van der Waals surface area contributed by atoms with Crippen LogP contribution in [0.3, 0.4) is 0 Å². The molecule has 0 fully saturated rings. The van der Waals surface area contributed by atoms with Crippen LogP contribution in [0.4, 0.5) is 5.82 Å². The van der Waals surface area contributed by atoms with Crippen LogP contribution < -0.4 is 5.32 Å². The Morgan fingerprint density at radius 2 is 2.04 bits per heavy atom. The van der Waals surface area contributed by atoms with Crippen LogP contribution in [0, 0.1) is 6.92 Å². The predicted molar refractivity (Wildman–Crippen MR) is 110 cm³/mol. The summed E-state index contributed by atoms with van der Waals surface area (Å²) in [4.78, 5) is 24.7. The number of rotatable bonds is 8. The molecule has 2 heterocycles. The Bertz CT molecular complexity index is 911. The highest BCUT2D eigenvalue weighted by Crippen LogP contribution is 2.33. The standard InChI is InChI=1S/C20H24N4O2S/c1-14-16-18(21-10-9-15-7-5-4-6-8-15)22-13-23-19(16)27-17(14)20(25)24(2)11-12-26-3/h4-8,13H,9-12H2,1-3H3,(H,21,22,23). The number of hydrogen-bond acceptors (Lipinski definition) is 6. The minimum absolute atomic E-state index is 0.0113. The highest BCUT2D eigenvalue weighted by molar-refractivity contribution is 7.20. The number of carbonyl (C=O) groups excluding carboxylic acids is 1. The molecule has 6 nitrogen and oxygen atoms in total. The lowest BCUT2D eigenvalue weighted by molar-refractivity contribution is 0.0748. The molecule has 0 atom stereocenters. The molecule has 0 bridgehead atoms. The number of hydrogen-bond donors (Lipinski definition) is 1. The van der Waals surface area contributed by atoms with Crippen molar-refractivity contribution in [3.63, 3.8) is 0 Å². The number of anilines is 1. The van der Waals surface area contributed by atoms with E-state index < -0.39 is 0 Å². The quantitative estimate of drug-likeness (QED) is 0.645. The van der Waals surface area contributed by atoms with Gasteiger partial charge in [0.25, 0.3) is 5.91 Å². The van der Waals surface area contributed by atoms with Gasteiger partial charge in [-0.25, -0.2) is 9.97 Å². The van der Waals surface area contributed by atoms with Gasteiger partial charge < -0.3 is 15.0 Å². The van der Waals surface area contributed by atoms with Crippen molar-refractivity contribution in [2.45, 2.75) is 13.3 Å². The molecule has 0 saturated carbocycles. The minimum Gasteiger partial charge on any atom is -0.383 e. The van der Waals surface area contributed by atoms with E-state index in [2.05, 4.69) is 27.4 Å². The monoisotopic (exact) mass is 384 g/mol. The van der Waals surface area contributed by atoms with Gasteiger partial charge >= 0.3 is 0 Å². The van der Waals surface area contributed by atoms with Gasteiger partial charge in [-0.15, -0.1) is 11.3 Å². The van der Waals surface area contributed by atoms with E-state index in [-0.39, 0.29) is 5.91 Å². The first-order valence-corrected chi connectivity index (χ1v) is 9.69. The number of nitrogens with zero attached hydrogens (tertiary/aromatic N) is 3.